The van der Waals surface area contributed by atoms with E-state index in [2.05, 4.69) is 69.1 Å². The summed E-state index contributed by atoms with van der Waals surface area (Å²) in [4.78, 5) is 185. The second-order valence-electron chi connectivity index (χ2n) is 31.6. The fourth-order valence-electron chi connectivity index (χ4n) is 11.8. The molecule has 0 aliphatic carbocycles. The Morgan fingerprint density at radius 3 is 1.09 bits per heavy atom. The number of carbonyl (C=O) groups is 13. The number of rotatable bonds is 53. The lowest BCUT2D eigenvalue weighted by atomic mass is 9.97. The van der Waals surface area contributed by atoms with Crippen molar-refractivity contribution < 1.29 is 82.8 Å². The number of aliphatic hydroxyl groups excluding tert-OH is 3. The molecule has 13 amide bonds. The zero-order valence-electron chi connectivity index (χ0n) is 68.9. The van der Waals surface area contributed by atoms with Crippen molar-refractivity contribution in [2.45, 2.75) is 293 Å². The molecule has 33 nitrogen and oxygen atoms in total. The van der Waals surface area contributed by atoms with Crippen LogP contribution < -0.4 is 86.3 Å². The molecule has 1 aromatic carbocycles. The van der Waals surface area contributed by atoms with Crippen molar-refractivity contribution in [2.75, 3.05) is 26.2 Å². The monoisotopic (exact) mass is 1570 g/mol. The Morgan fingerprint density at radius 2 is 0.712 bits per heavy atom. The molecule has 0 heterocycles. The average molecular weight is 1570 g/mol. The van der Waals surface area contributed by atoms with Crippen LogP contribution in [0.5, 0.6) is 5.75 Å². The van der Waals surface area contributed by atoms with Crippen LogP contribution in [-0.2, 0) is 68.7 Å². The predicted molar refractivity (Wildman–Crippen MR) is 423 cm³/mol. The topological polar surface area (TPSA) is 537 Å². The Hall–Kier alpha value is -8.37. The van der Waals surface area contributed by atoms with Crippen molar-refractivity contribution in [1.82, 2.24) is 69.1 Å². The highest BCUT2D eigenvalue weighted by molar-refractivity contribution is 6.02. The molecule has 0 radical (unpaired) electrons. The summed E-state index contributed by atoms with van der Waals surface area (Å²) in [6.45, 7) is 30.7. The van der Waals surface area contributed by atoms with E-state index in [-0.39, 0.29) is 113 Å². The number of unbranched alkanes of at least 4 members (excludes halogenated alkanes) is 2. The van der Waals surface area contributed by atoms with Crippen molar-refractivity contribution in [3.8, 4) is 5.75 Å². The van der Waals surface area contributed by atoms with Gasteiger partial charge in [0.1, 0.15) is 84.0 Å². The summed E-state index contributed by atoms with van der Waals surface area (Å²) in [5.74, 6) is -13.7. The quantitative estimate of drug-likeness (QED) is 0.0308. The van der Waals surface area contributed by atoms with E-state index in [1.165, 1.54) is 32.1 Å². The summed E-state index contributed by atoms with van der Waals surface area (Å²) >= 11 is 0. The third-order valence-corrected chi connectivity index (χ3v) is 18.9. The number of hydrogen-bond donors (Lipinski definition) is 20. The molecule has 1 aromatic rings. The van der Waals surface area contributed by atoms with E-state index in [0.717, 1.165) is 0 Å². The van der Waals surface area contributed by atoms with Crippen molar-refractivity contribution in [3.63, 3.8) is 0 Å². The number of phenols is 1. The number of nitrogens with two attached hydrogens (primary N) is 3. The molecule has 111 heavy (non-hydrogen) atoms. The smallest absolute Gasteiger partial charge is 0.268 e. The molecular formula is C78H138N16O17. The molecule has 0 fully saturated rings. The van der Waals surface area contributed by atoms with Gasteiger partial charge in [0.05, 0.1) is 18.8 Å². The molecular weight excluding hydrogens is 1430 g/mol. The van der Waals surface area contributed by atoms with E-state index in [1.807, 2.05) is 41.5 Å². The SMILES string of the molecule is C/C=C(/NC(=O)[C@@H](O)[C@@H](C)CC)C(=O)N[C@@H](CC(C)C)C(=O)N[C@H](CCCN)C(=O)N[C@H](C(=O)N[C@H](C(=O)N[C@H](C(=O)N[C@H](CCCCN)C(=O)N[C@H](C(=O)N[C@H](CC(C)C)C(=O)N[C@@H](CCCCN)C(=O)N[C@H](Cc1ccc(O)cc1)C(=O)N[C@@H](CC(C)C)C(=O)N[C@H](CO)C(C)C)C(C)C)C(C)C)C(C)C)[C@H](C)O. The number of aromatic hydroxyl groups is 1. The molecule has 632 valence electrons. The third kappa shape index (κ3) is 36.8. The van der Waals surface area contributed by atoms with Crippen LogP contribution in [0.15, 0.2) is 36.0 Å². The van der Waals surface area contributed by atoms with Crippen LogP contribution in [-0.4, -0.2) is 208 Å². The molecule has 1 rings (SSSR count). The number of allylic oxidation sites excluding steroid dienone is 1. The Balaban J connectivity index is 3.62. The highest BCUT2D eigenvalue weighted by atomic mass is 16.3. The molecule has 0 spiro atoms. The second kappa shape index (κ2) is 52.0. The standard InChI is InChI=1S/C78H138N16O17/c1-19-48(17)65(98)78(111)82-52(20-2)66(99)86-56(36-41(3)4)70(103)84-55(28-25-35-81)69(102)94-64(49(18)96)77(110)93-63(47(15)16)76(109)92-62(46(13)14)74(107)85-54(27-22-24-34-80)68(101)91-61(45(11)12)75(108)89-58(38-43(7)8)71(104)83-53(26-21-23-33-79)67(100)88-59(39-50-29-31-51(97)32-30-50)73(106)87-57(37-42(5)6)72(105)90-60(40-95)44(9)10/h20,29-32,41-49,53-65,95-98H,19,21-28,33-40,79-81H2,1-18H3,(H,82,111)(H,83,104)(H,84,103)(H,85,107)(H,86,99)(H,87,106)(H,88,100)(H,89,108)(H,90,105)(H,91,101)(H,92,109)(H,93,110)(H,94,102)/b52-20+/t48-,49-,53-,54+,55+,56-,57-,58+,59+,60+,61-,62-,63-,64-,65-/m0/s1. The predicted octanol–water partition coefficient (Wildman–Crippen LogP) is 0.312. The van der Waals surface area contributed by atoms with Crippen LogP contribution in [0, 0.1) is 47.3 Å². The van der Waals surface area contributed by atoms with Gasteiger partial charge < -0.3 is 107 Å². The molecule has 0 saturated heterocycles. The van der Waals surface area contributed by atoms with Crippen molar-refractivity contribution in [3.05, 3.63) is 41.6 Å². The second-order valence-corrected chi connectivity index (χ2v) is 31.6. The first-order chi connectivity index (χ1) is 52.0. The van der Waals surface area contributed by atoms with Crippen molar-refractivity contribution in [1.29, 1.82) is 0 Å². The van der Waals surface area contributed by atoms with Crippen LogP contribution in [0.1, 0.15) is 207 Å². The molecule has 15 atom stereocenters. The van der Waals surface area contributed by atoms with Gasteiger partial charge in [-0.05, 0) is 169 Å². The number of phenolic OH excluding ortho intramolecular Hbond substituents is 1. The van der Waals surface area contributed by atoms with Crippen molar-refractivity contribution >= 4 is 76.8 Å². The molecule has 23 N–H and O–H groups in total. The fourth-order valence-corrected chi connectivity index (χ4v) is 11.8. The summed E-state index contributed by atoms with van der Waals surface area (Å²) in [7, 11) is 0. The molecule has 0 aliphatic heterocycles. The van der Waals surface area contributed by atoms with Crippen LogP contribution in [0.4, 0.5) is 0 Å². The van der Waals surface area contributed by atoms with Gasteiger partial charge >= 0.3 is 0 Å². The molecule has 0 saturated carbocycles. The Bertz CT molecular complexity index is 3150. The first kappa shape index (κ1) is 101. The van der Waals surface area contributed by atoms with E-state index in [4.69, 9.17) is 17.2 Å². The van der Waals surface area contributed by atoms with Gasteiger partial charge in [-0.1, -0.05) is 135 Å². The van der Waals surface area contributed by atoms with Gasteiger partial charge in [0.2, 0.25) is 65.0 Å². The lowest BCUT2D eigenvalue weighted by molar-refractivity contribution is -0.138. The minimum absolute atomic E-state index is 0.00701. The number of hydrogen-bond acceptors (Lipinski definition) is 20. The largest absolute Gasteiger partial charge is 0.508 e. The first-order valence-electron chi connectivity index (χ1n) is 39.5. The molecule has 0 unspecified atom stereocenters. The van der Waals surface area contributed by atoms with E-state index in [1.54, 1.807) is 81.4 Å². The first-order valence-corrected chi connectivity index (χ1v) is 39.5. The van der Waals surface area contributed by atoms with Crippen LogP contribution in [0.3, 0.4) is 0 Å². The summed E-state index contributed by atoms with van der Waals surface area (Å²) in [5, 5.41) is 76.5. The van der Waals surface area contributed by atoms with Gasteiger partial charge in [0.25, 0.3) is 11.8 Å². The number of amides is 13. The summed E-state index contributed by atoms with van der Waals surface area (Å²) in [6, 6.07) is -9.53. The van der Waals surface area contributed by atoms with Gasteiger partial charge in [-0.25, -0.2) is 0 Å². The van der Waals surface area contributed by atoms with Crippen LogP contribution in [0.25, 0.3) is 0 Å². The Labute approximate surface area is 656 Å². The third-order valence-electron chi connectivity index (χ3n) is 18.9. The van der Waals surface area contributed by atoms with Crippen molar-refractivity contribution in [2.24, 2.45) is 64.5 Å². The molecule has 0 aliphatic rings. The van der Waals surface area contributed by atoms with E-state index < -0.39 is 185 Å². The zero-order valence-corrected chi connectivity index (χ0v) is 68.9. The lowest BCUT2D eigenvalue weighted by Crippen LogP contribution is -2.63. The fraction of sp³-hybridized carbons (Fsp3) is 0.731. The normalized spacial score (nSPS) is 15.9. The maximum atomic E-state index is 14.7. The maximum absolute atomic E-state index is 14.7. The highest BCUT2D eigenvalue weighted by Gasteiger charge is 2.40. The lowest BCUT2D eigenvalue weighted by Gasteiger charge is -2.31. The summed E-state index contributed by atoms with van der Waals surface area (Å²) in [6.07, 6.45) is 0.657. The number of carbonyl (C=O) groups excluding carboxylic acids is 13. The van der Waals surface area contributed by atoms with Gasteiger partial charge in [-0.3, -0.25) is 62.3 Å². The van der Waals surface area contributed by atoms with Gasteiger partial charge in [-0.2, -0.15) is 0 Å². The zero-order chi connectivity index (χ0) is 84.7. The van der Waals surface area contributed by atoms with E-state index in [0.29, 0.717) is 37.7 Å². The maximum Gasteiger partial charge on any atom is 0.268 e. The van der Waals surface area contributed by atoms with E-state index in [9.17, 15) is 82.8 Å². The molecule has 0 aromatic heterocycles. The van der Waals surface area contributed by atoms with Crippen LogP contribution in [0.2, 0.25) is 0 Å². The van der Waals surface area contributed by atoms with Gasteiger partial charge in [0.15, 0.2) is 0 Å². The number of aliphatic hydroxyl groups is 3. The Kier molecular flexibility index (Phi) is 47.2. The summed E-state index contributed by atoms with van der Waals surface area (Å²) in [5.41, 5.74) is 17.9. The number of nitrogens with one attached hydrogen (secondary N) is 13. The van der Waals surface area contributed by atoms with Gasteiger partial charge in [0, 0.05) is 6.42 Å². The molecule has 0 bridgehead atoms. The minimum atomic E-state index is -1.74. The molecule has 33 heteroatoms. The van der Waals surface area contributed by atoms with Crippen LogP contribution >= 0.6 is 0 Å². The summed E-state index contributed by atoms with van der Waals surface area (Å²) < 4.78 is 0. The Morgan fingerprint density at radius 1 is 0.387 bits per heavy atom. The number of benzene rings is 1. The van der Waals surface area contributed by atoms with E-state index >= 15 is 0 Å². The highest BCUT2D eigenvalue weighted by Crippen LogP contribution is 2.18. The minimum Gasteiger partial charge on any atom is -0.508 e. The average Bonchev–Trinajstić information content (AvgIpc) is 0.848. The van der Waals surface area contributed by atoms with Gasteiger partial charge in [-0.15, -0.1) is 0 Å².